The van der Waals surface area contributed by atoms with E-state index in [0.717, 1.165) is 24.0 Å². The Morgan fingerprint density at radius 1 is 1.47 bits per heavy atom. The molecule has 0 aliphatic heterocycles. The van der Waals surface area contributed by atoms with Crippen LogP contribution in [0.2, 0.25) is 0 Å². The molecule has 4 heteroatoms. The number of nitrogens with zero attached hydrogens (tertiary/aromatic N) is 2. The van der Waals surface area contributed by atoms with Crippen molar-refractivity contribution >= 4 is 11.6 Å². The van der Waals surface area contributed by atoms with Crippen LogP contribution in [0.15, 0.2) is 41.0 Å². The number of hydrogen-bond acceptors (Lipinski definition) is 4. The Morgan fingerprint density at radius 3 is 2.89 bits per heavy atom. The third kappa shape index (κ3) is 5.06. The van der Waals surface area contributed by atoms with Crippen molar-refractivity contribution in [2.75, 3.05) is 6.61 Å². The Hall–Kier alpha value is -1.94. The van der Waals surface area contributed by atoms with Gasteiger partial charge in [0, 0.05) is 12.2 Å². The van der Waals surface area contributed by atoms with Crippen molar-refractivity contribution < 1.29 is 9.63 Å². The summed E-state index contributed by atoms with van der Waals surface area (Å²) >= 11 is 0. The number of unbranched alkanes of at least 4 members (excludes halogenated alkanes) is 1. The lowest BCUT2D eigenvalue weighted by Crippen LogP contribution is -1.85. The van der Waals surface area contributed by atoms with Crippen LogP contribution in [0.4, 0.5) is 0 Å². The molecule has 0 fully saturated rings. The predicted molar refractivity (Wildman–Crippen MR) is 77.3 cm³/mol. The zero-order valence-corrected chi connectivity index (χ0v) is 11.5. The van der Waals surface area contributed by atoms with Crippen molar-refractivity contribution in [2.45, 2.75) is 26.7 Å². The van der Waals surface area contributed by atoms with Gasteiger partial charge in [-0.25, -0.2) is 0 Å². The molecule has 0 aliphatic rings. The maximum Gasteiger partial charge on any atom is 0.250 e. The fourth-order valence-electron chi connectivity index (χ4n) is 1.36. The van der Waals surface area contributed by atoms with E-state index in [4.69, 9.17) is 9.63 Å². The van der Waals surface area contributed by atoms with E-state index in [0.29, 0.717) is 11.7 Å². The second kappa shape index (κ2) is 8.21. The Labute approximate surface area is 113 Å². The van der Waals surface area contributed by atoms with Gasteiger partial charge in [-0.3, -0.25) is 0 Å². The molecule has 0 aliphatic carbocycles. The largest absolute Gasteiger partial charge is 0.396 e. The first-order valence-electron chi connectivity index (χ1n) is 6.29. The summed E-state index contributed by atoms with van der Waals surface area (Å²) in [7, 11) is 0. The molecule has 0 aromatic carbocycles. The van der Waals surface area contributed by atoms with Crippen LogP contribution in [0, 0.1) is 0 Å². The molecule has 19 heavy (non-hydrogen) atoms. The lowest BCUT2D eigenvalue weighted by molar-refractivity contribution is 0.289. The molecule has 0 radical (unpaired) electrons. The van der Waals surface area contributed by atoms with Gasteiger partial charge < -0.3 is 9.63 Å². The average Bonchev–Trinajstić information content (AvgIpc) is 2.89. The summed E-state index contributed by atoms with van der Waals surface area (Å²) in [4.78, 5) is 4.27. The van der Waals surface area contributed by atoms with E-state index < -0.39 is 0 Å². The molecule has 1 heterocycles. The Morgan fingerprint density at radius 2 is 2.26 bits per heavy atom. The Balaban J connectivity index is 2.80. The molecule has 0 unspecified atom stereocenters. The molecule has 1 N–H and O–H groups in total. The zero-order chi connectivity index (χ0) is 14.1. The van der Waals surface area contributed by atoms with Crippen LogP contribution < -0.4 is 0 Å². The minimum Gasteiger partial charge on any atom is -0.396 e. The van der Waals surface area contributed by atoms with Crippen molar-refractivity contribution in [3.63, 3.8) is 0 Å². The monoisotopic (exact) mass is 260 g/mol. The molecular weight excluding hydrogens is 240 g/mol. The van der Waals surface area contributed by atoms with Gasteiger partial charge in [0.25, 0.3) is 5.89 Å². The molecule has 1 aromatic rings. The zero-order valence-electron chi connectivity index (χ0n) is 11.5. The standard InChI is InChI=1S/C15H20N2O2/c1-4-12(3)11-13(5-2)15-16-14(19-17-15)9-7-6-8-10-18/h4-5,7,9,11,18H,2,6,8,10H2,1,3H3/b9-7+,12-4-,13-11+. The van der Waals surface area contributed by atoms with Gasteiger partial charge in [-0.1, -0.05) is 35.5 Å². The van der Waals surface area contributed by atoms with Gasteiger partial charge in [0.2, 0.25) is 5.82 Å². The highest BCUT2D eigenvalue weighted by atomic mass is 16.5. The molecule has 4 nitrogen and oxygen atoms in total. The van der Waals surface area contributed by atoms with E-state index in [1.807, 2.05) is 32.1 Å². The summed E-state index contributed by atoms with van der Waals surface area (Å²) in [6, 6.07) is 0. The van der Waals surface area contributed by atoms with Crippen LogP contribution in [0.3, 0.4) is 0 Å². The van der Waals surface area contributed by atoms with E-state index in [2.05, 4.69) is 16.7 Å². The quantitative estimate of drug-likeness (QED) is 0.603. The number of allylic oxidation sites excluding steroid dienone is 6. The predicted octanol–water partition coefficient (Wildman–Crippen LogP) is 3.39. The van der Waals surface area contributed by atoms with Crippen molar-refractivity contribution in [1.29, 1.82) is 0 Å². The number of aliphatic hydroxyl groups is 1. The maximum absolute atomic E-state index is 8.67. The molecule has 0 bridgehead atoms. The average molecular weight is 260 g/mol. The highest BCUT2D eigenvalue weighted by Crippen LogP contribution is 2.15. The number of rotatable bonds is 7. The molecule has 1 aromatic heterocycles. The third-order valence-electron chi connectivity index (χ3n) is 2.55. The second-order valence-corrected chi connectivity index (χ2v) is 4.06. The van der Waals surface area contributed by atoms with E-state index in [9.17, 15) is 0 Å². The highest BCUT2D eigenvalue weighted by molar-refractivity contribution is 5.71. The molecule has 0 saturated heterocycles. The minimum atomic E-state index is 0.186. The van der Waals surface area contributed by atoms with Gasteiger partial charge in [0.05, 0.1) is 0 Å². The third-order valence-corrected chi connectivity index (χ3v) is 2.55. The smallest absolute Gasteiger partial charge is 0.250 e. The van der Waals surface area contributed by atoms with Crippen LogP contribution in [-0.2, 0) is 0 Å². The lowest BCUT2D eigenvalue weighted by Gasteiger charge is -1.94. The Bertz CT molecular complexity index is 496. The van der Waals surface area contributed by atoms with Crippen LogP contribution >= 0.6 is 0 Å². The van der Waals surface area contributed by atoms with Gasteiger partial charge in [0.1, 0.15) is 0 Å². The summed E-state index contributed by atoms with van der Waals surface area (Å²) in [6.45, 7) is 7.91. The minimum absolute atomic E-state index is 0.186. The summed E-state index contributed by atoms with van der Waals surface area (Å²) in [5, 5.41) is 12.6. The highest BCUT2D eigenvalue weighted by Gasteiger charge is 2.06. The second-order valence-electron chi connectivity index (χ2n) is 4.06. The van der Waals surface area contributed by atoms with Gasteiger partial charge in [-0.05, 0) is 38.8 Å². The lowest BCUT2D eigenvalue weighted by atomic mass is 10.1. The van der Waals surface area contributed by atoms with E-state index in [1.165, 1.54) is 0 Å². The Kier molecular flexibility index (Phi) is 6.53. The first kappa shape index (κ1) is 15.1. The van der Waals surface area contributed by atoms with Crippen LogP contribution in [0.5, 0.6) is 0 Å². The summed E-state index contributed by atoms with van der Waals surface area (Å²) in [5.74, 6) is 0.983. The molecular formula is C15H20N2O2. The fourth-order valence-corrected chi connectivity index (χ4v) is 1.36. The van der Waals surface area contributed by atoms with Crippen molar-refractivity contribution in [2.24, 2.45) is 0 Å². The first-order chi connectivity index (χ1) is 9.21. The van der Waals surface area contributed by atoms with Crippen LogP contribution in [-0.4, -0.2) is 21.9 Å². The van der Waals surface area contributed by atoms with E-state index in [1.54, 1.807) is 12.2 Å². The number of aromatic nitrogens is 2. The maximum atomic E-state index is 8.67. The van der Waals surface area contributed by atoms with Crippen LogP contribution in [0.1, 0.15) is 38.4 Å². The SMILES string of the molecule is C=C/C(=C\C(C)=C/C)c1noc(/C=C/CCCO)n1. The summed E-state index contributed by atoms with van der Waals surface area (Å²) < 4.78 is 5.12. The van der Waals surface area contributed by atoms with Gasteiger partial charge >= 0.3 is 0 Å². The molecule has 0 atom stereocenters. The van der Waals surface area contributed by atoms with Gasteiger partial charge in [0.15, 0.2) is 0 Å². The number of aliphatic hydroxyl groups excluding tert-OH is 1. The van der Waals surface area contributed by atoms with E-state index >= 15 is 0 Å². The summed E-state index contributed by atoms with van der Waals surface area (Å²) in [6.07, 6.45) is 10.8. The molecule has 0 spiro atoms. The van der Waals surface area contributed by atoms with Crippen molar-refractivity contribution in [1.82, 2.24) is 10.1 Å². The summed E-state index contributed by atoms with van der Waals surface area (Å²) in [5.41, 5.74) is 1.94. The van der Waals surface area contributed by atoms with Crippen molar-refractivity contribution in [3.05, 3.63) is 48.2 Å². The molecule has 0 amide bonds. The molecule has 0 saturated carbocycles. The molecule has 102 valence electrons. The number of hydrogen-bond donors (Lipinski definition) is 1. The van der Waals surface area contributed by atoms with Gasteiger partial charge in [-0.2, -0.15) is 4.98 Å². The van der Waals surface area contributed by atoms with E-state index in [-0.39, 0.29) is 6.61 Å². The van der Waals surface area contributed by atoms with Crippen LogP contribution in [0.25, 0.3) is 11.6 Å². The van der Waals surface area contributed by atoms with Crippen molar-refractivity contribution in [3.8, 4) is 0 Å². The topological polar surface area (TPSA) is 59.2 Å². The normalized spacial score (nSPS) is 13.2. The first-order valence-corrected chi connectivity index (χ1v) is 6.29. The van der Waals surface area contributed by atoms with Gasteiger partial charge in [-0.15, -0.1) is 0 Å². The molecule has 1 rings (SSSR count). The fraction of sp³-hybridized carbons (Fsp3) is 0.333.